The van der Waals surface area contributed by atoms with Crippen LogP contribution < -0.4 is 5.32 Å². The predicted molar refractivity (Wildman–Crippen MR) is 145 cm³/mol. The molecule has 0 aromatic heterocycles. The third kappa shape index (κ3) is 8.94. The number of esters is 1. The maximum atomic E-state index is 13.5. The van der Waals surface area contributed by atoms with Crippen LogP contribution >= 0.6 is 0 Å². The van der Waals surface area contributed by atoms with Gasteiger partial charge >= 0.3 is 5.97 Å². The largest absolute Gasteiger partial charge is 0.461 e. The number of hydrogen-bond donors (Lipinski definition) is 1. The minimum Gasteiger partial charge on any atom is -0.461 e. The highest BCUT2D eigenvalue weighted by molar-refractivity contribution is 7.89. The van der Waals surface area contributed by atoms with Crippen LogP contribution in [0.1, 0.15) is 63.4 Å². The van der Waals surface area contributed by atoms with Gasteiger partial charge in [-0.25, -0.2) is 8.42 Å². The maximum absolute atomic E-state index is 13.5. The molecule has 2 aliphatic rings. The van der Waals surface area contributed by atoms with Gasteiger partial charge in [-0.15, -0.1) is 0 Å². The molecule has 1 aliphatic heterocycles. The molecule has 1 heterocycles. The van der Waals surface area contributed by atoms with E-state index in [-0.39, 0.29) is 43.2 Å². The van der Waals surface area contributed by atoms with Crippen LogP contribution in [-0.2, 0) is 35.8 Å². The Morgan fingerprint density at radius 2 is 1.71 bits per heavy atom. The topological polar surface area (TPSA) is 113 Å². The van der Waals surface area contributed by atoms with Crippen molar-refractivity contribution in [2.75, 3.05) is 32.7 Å². The third-order valence-electron chi connectivity index (χ3n) is 7.35. The second kappa shape index (κ2) is 15.0. The zero-order chi connectivity index (χ0) is 27.4. The average Bonchev–Trinajstić information content (AvgIpc) is 2.95. The Hall–Kier alpha value is -2.72. The summed E-state index contributed by atoms with van der Waals surface area (Å²) in [4.78, 5) is 39.1. The molecule has 38 heavy (non-hydrogen) atoms. The first-order chi connectivity index (χ1) is 18.3. The van der Waals surface area contributed by atoms with E-state index in [1.165, 1.54) is 10.4 Å². The minimum atomic E-state index is -3.36. The zero-order valence-electron chi connectivity index (χ0n) is 22.2. The fraction of sp³-hybridized carbons (Fsp3) is 0.607. The first-order valence-electron chi connectivity index (χ1n) is 13.7. The van der Waals surface area contributed by atoms with Crippen molar-refractivity contribution < 1.29 is 27.5 Å². The molecule has 210 valence electrons. The molecule has 1 saturated heterocycles. The number of nitrogens with zero attached hydrogens (tertiary/aromatic N) is 2. The van der Waals surface area contributed by atoms with Gasteiger partial charge in [-0.05, 0) is 37.3 Å². The number of rotatable bonds is 13. The van der Waals surface area contributed by atoms with Gasteiger partial charge in [0.1, 0.15) is 6.61 Å². The number of carbonyl (C=O) groups is 3. The minimum absolute atomic E-state index is 0.0364. The molecule has 1 aliphatic carbocycles. The molecule has 1 saturated carbocycles. The molecule has 0 unspecified atom stereocenters. The highest BCUT2D eigenvalue weighted by Crippen LogP contribution is 2.27. The van der Waals surface area contributed by atoms with Crippen LogP contribution in [0, 0.1) is 5.92 Å². The Kier molecular flexibility index (Phi) is 11.8. The molecule has 10 heteroatoms. The van der Waals surface area contributed by atoms with Crippen molar-refractivity contribution in [3.8, 4) is 0 Å². The molecule has 0 spiro atoms. The van der Waals surface area contributed by atoms with E-state index in [1.807, 2.05) is 30.3 Å². The van der Waals surface area contributed by atoms with Gasteiger partial charge in [0.25, 0.3) is 0 Å². The van der Waals surface area contributed by atoms with Crippen molar-refractivity contribution in [3.63, 3.8) is 0 Å². The number of carbonyl (C=O) groups excluding carboxylic acids is 3. The van der Waals surface area contributed by atoms with E-state index in [2.05, 4.69) is 11.9 Å². The van der Waals surface area contributed by atoms with Crippen molar-refractivity contribution >= 4 is 27.8 Å². The van der Waals surface area contributed by atoms with Gasteiger partial charge in [0.2, 0.25) is 21.8 Å². The van der Waals surface area contributed by atoms with Gasteiger partial charge in [0, 0.05) is 38.6 Å². The van der Waals surface area contributed by atoms with Crippen LogP contribution in [0.5, 0.6) is 0 Å². The fourth-order valence-electron chi connectivity index (χ4n) is 5.11. The Balaban J connectivity index is 1.55. The summed E-state index contributed by atoms with van der Waals surface area (Å²) in [6.45, 7) is 5.22. The molecule has 2 fully saturated rings. The summed E-state index contributed by atoms with van der Waals surface area (Å²) in [5.41, 5.74) is 0.872. The summed E-state index contributed by atoms with van der Waals surface area (Å²) in [6, 6.07) is 9.36. The molecule has 9 nitrogen and oxygen atoms in total. The van der Waals surface area contributed by atoms with Crippen LogP contribution in [-0.4, -0.2) is 73.4 Å². The first kappa shape index (κ1) is 29.8. The Bertz CT molecular complexity index is 1030. The van der Waals surface area contributed by atoms with Crippen LogP contribution in [0.4, 0.5) is 0 Å². The highest BCUT2D eigenvalue weighted by Gasteiger charge is 2.37. The van der Waals surface area contributed by atoms with Gasteiger partial charge < -0.3 is 15.0 Å². The number of unbranched alkanes of at least 4 members (excludes halogenated alkanes) is 1. The number of hydrogen-bond acceptors (Lipinski definition) is 6. The first-order valence-corrected chi connectivity index (χ1v) is 15.2. The number of nitrogens with one attached hydrogen (secondary N) is 1. The van der Waals surface area contributed by atoms with Gasteiger partial charge in [-0.3, -0.25) is 14.4 Å². The zero-order valence-corrected chi connectivity index (χ0v) is 23.0. The SMILES string of the molecule is C=CC(=O)NCCCC[C@H](CC(=O)OCc1ccccc1)C(=O)N1CCN(S(=O)(=O)C2CCCCC2)CC1. The van der Waals surface area contributed by atoms with Crippen LogP contribution in [0.15, 0.2) is 43.0 Å². The van der Waals surface area contributed by atoms with Gasteiger partial charge in [-0.2, -0.15) is 4.31 Å². The fourth-order valence-corrected chi connectivity index (χ4v) is 7.13. The lowest BCUT2D eigenvalue weighted by atomic mass is 9.96. The summed E-state index contributed by atoms with van der Waals surface area (Å²) in [7, 11) is -3.36. The lowest BCUT2D eigenvalue weighted by molar-refractivity contribution is -0.150. The molecule has 0 bridgehead atoms. The lowest BCUT2D eigenvalue weighted by Gasteiger charge is -2.37. The molecular formula is C28H41N3O6S. The standard InChI is InChI=1S/C28H41N3O6S/c1-2-26(32)29-16-10-9-13-24(21-27(33)37-22-23-11-5-3-6-12-23)28(34)30-17-19-31(20-18-30)38(35,36)25-14-7-4-8-15-25/h2-3,5-6,11-12,24-25H,1,4,7-10,13-22H2,(H,29,32)/t24-/m1/s1. The van der Waals surface area contributed by atoms with Gasteiger partial charge in [0.05, 0.1) is 11.7 Å². The van der Waals surface area contributed by atoms with Gasteiger partial charge in [0.15, 0.2) is 0 Å². The van der Waals surface area contributed by atoms with Crippen LogP contribution in [0.3, 0.4) is 0 Å². The van der Waals surface area contributed by atoms with Crippen molar-refractivity contribution in [1.82, 2.24) is 14.5 Å². The molecule has 2 amide bonds. The summed E-state index contributed by atoms with van der Waals surface area (Å²) < 4.78 is 33.1. The summed E-state index contributed by atoms with van der Waals surface area (Å²) in [6.07, 6.45) is 7.36. The summed E-state index contributed by atoms with van der Waals surface area (Å²) in [5.74, 6) is -1.39. The van der Waals surface area contributed by atoms with Crippen molar-refractivity contribution in [1.29, 1.82) is 0 Å². The van der Waals surface area contributed by atoms with E-state index in [0.717, 1.165) is 24.8 Å². The highest BCUT2D eigenvalue weighted by atomic mass is 32.2. The lowest BCUT2D eigenvalue weighted by Crippen LogP contribution is -2.54. The number of amides is 2. The smallest absolute Gasteiger partial charge is 0.306 e. The van der Waals surface area contributed by atoms with Gasteiger partial charge in [-0.1, -0.05) is 62.6 Å². The number of sulfonamides is 1. The number of piperazine rings is 1. The molecule has 0 radical (unpaired) electrons. The summed E-state index contributed by atoms with van der Waals surface area (Å²) >= 11 is 0. The molecule has 3 rings (SSSR count). The predicted octanol–water partition coefficient (Wildman–Crippen LogP) is 3.02. The van der Waals surface area contributed by atoms with Crippen LogP contribution in [0.25, 0.3) is 0 Å². The third-order valence-corrected chi connectivity index (χ3v) is 9.75. The van der Waals surface area contributed by atoms with E-state index in [4.69, 9.17) is 4.74 Å². The number of benzene rings is 1. The summed E-state index contributed by atoms with van der Waals surface area (Å²) in [5, 5.41) is 2.40. The average molecular weight is 548 g/mol. The normalized spacial score (nSPS) is 17.9. The molecule has 1 N–H and O–H groups in total. The Labute approximate surface area is 226 Å². The molecular weight excluding hydrogens is 506 g/mol. The molecule has 1 atom stereocenters. The second-order valence-electron chi connectivity index (χ2n) is 10.1. The van der Waals surface area contributed by atoms with E-state index < -0.39 is 21.9 Å². The monoisotopic (exact) mass is 547 g/mol. The van der Waals surface area contributed by atoms with E-state index >= 15 is 0 Å². The Morgan fingerprint density at radius 1 is 1.03 bits per heavy atom. The van der Waals surface area contributed by atoms with Crippen LogP contribution in [0.2, 0.25) is 0 Å². The Morgan fingerprint density at radius 3 is 2.37 bits per heavy atom. The van der Waals surface area contributed by atoms with Crippen molar-refractivity contribution in [2.45, 2.75) is 69.6 Å². The quantitative estimate of drug-likeness (QED) is 0.231. The van der Waals surface area contributed by atoms with E-state index in [0.29, 0.717) is 51.7 Å². The van der Waals surface area contributed by atoms with E-state index in [1.54, 1.807) is 4.90 Å². The maximum Gasteiger partial charge on any atom is 0.306 e. The second-order valence-corrected chi connectivity index (χ2v) is 12.3. The van der Waals surface area contributed by atoms with E-state index in [9.17, 15) is 22.8 Å². The number of ether oxygens (including phenoxy) is 1. The van der Waals surface area contributed by atoms with Crippen molar-refractivity contribution in [2.24, 2.45) is 5.92 Å². The van der Waals surface area contributed by atoms with Crippen molar-refractivity contribution in [3.05, 3.63) is 48.6 Å². The molecule has 1 aromatic carbocycles. The molecule has 1 aromatic rings.